The summed E-state index contributed by atoms with van der Waals surface area (Å²) in [6.45, 7) is 8.89. The zero-order valence-electron chi connectivity index (χ0n) is 37.7. The number of aromatic nitrogens is 4. The van der Waals surface area contributed by atoms with Crippen LogP contribution in [0.3, 0.4) is 0 Å². The van der Waals surface area contributed by atoms with E-state index in [-0.39, 0.29) is 35.7 Å². The molecular formula is C49H60N8O6S. The van der Waals surface area contributed by atoms with E-state index in [1.54, 1.807) is 0 Å². The fourth-order valence-electron chi connectivity index (χ4n) is 10.8. The van der Waals surface area contributed by atoms with Crippen molar-refractivity contribution in [3.8, 4) is 32.1 Å². The molecule has 0 unspecified atom stereocenters. The van der Waals surface area contributed by atoms with Crippen LogP contribution < -0.4 is 10.6 Å². The number of methoxy groups -OCH3 is 2. The number of alkyl carbamates (subject to hydrolysis) is 2. The minimum atomic E-state index is -0.689. The molecule has 1 spiro atoms. The summed E-state index contributed by atoms with van der Waals surface area (Å²) in [5.41, 5.74) is 9.40. The Morgan fingerprint density at radius 3 is 1.81 bits per heavy atom. The average molecular weight is 889 g/mol. The van der Waals surface area contributed by atoms with Gasteiger partial charge in [0.05, 0.1) is 49.2 Å². The predicted molar refractivity (Wildman–Crippen MR) is 246 cm³/mol. The molecule has 5 heterocycles. The van der Waals surface area contributed by atoms with Gasteiger partial charge < -0.3 is 39.9 Å². The van der Waals surface area contributed by atoms with Crippen LogP contribution in [0.15, 0.2) is 48.7 Å². The van der Waals surface area contributed by atoms with Gasteiger partial charge in [0.1, 0.15) is 23.7 Å². The second kappa shape index (κ2) is 17.7. The highest BCUT2D eigenvalue weighted by Gasteiger charge is 2.44. The lowest BCUT2D eigenvalue weighted by atomic mass is 9.83. The van der Waals surface area contributed by atoms with Crippen molar-refractivity contribution in [1.29, 1.82) is 0 Å². The van der Waals surface area contributed by atoms with Gasteiger partial charge in [-0.3, -0.25) is 9.59 Å². The van der Waals surface area contributed by atoms with E-state index in [1.165, 1.54) is 71.9 Å². The van der Waals surface area contributed by atoms with Gasteiger partial charge in [0, 0.05) is 22.8 Å². The van der Waals surface area contributed by atoms with Crippen LogP contribution >= 0.6 is 11.3 Å². The molecule has 338 valence electrons. The fraction of sp³-hybridized carbons (Fsp3) is 0.510. The Labute approximate surface area is 378 Å². The van der Waals surface area contributed by atoms with E-state index in [9.17, 15) is 19.2 Å². The first-order chi connectivity index (χ1) is 30.9. The molecule has 0 bridgehead atoms. The van der Waals surface area contributed by atoms with Crippen molar-refractivity contribution in [3.63, 3.8) is 0 Å². The van der Waals surface area contributed by atoms with Gasteiger partial charge in [-0.2, -0.15) is 0 Å². The van der Waals surface area contributed by atoms with Crippen LogP contribution in [0.25, 0.3) is 43.2 Å². The van der Waals surface area contributed by atoms with Crippen LogP contribution in [-0.4, -0.2) is 93.1 Å². The van der Waals surface area contributed by atoms with E-state index >= 15 is 0 Å². The topological polar surface area (TPSA) is 175 Å². The number of thiophene rings is 1. The Kier molecular flexibility index (Phi) is 12.0. The number of amides is 4. The van der Waals surface area contributed by atoms with E-state index in [2.05, 4.69) is 63.1 Å². The standard InChI is InChI=1S/C49H60N8O6S/c1-27(2)39(54-47(60)62-5)45(58)56-21-9-11-37(56)43-50-26-36(53-43)29-13-15-30(16-14-29)41-32-24-49(19-7-8-20-49)25-33(32)42(64-41)31-17-18-34-35(23-31)52-44(51-34)38-12-10-22-57(38)46(59)40(28(3)4)55-48(61)63-6/h13-18,23,26-28,37-40H,7-12,19-22,24-25H2,1-6H3,(H,50,53)(H,51,52)(H,54,60)(H,55,61)/t37-,38-,39-,40-/m0/s1. The van der Waals surface area contributed by atoms with E-state index in [0.29, 0.717) is 18.5 Å². The summed E-state index contributed by atoms with van der Waals surface area (Å²) in [6.07, 6.45) is 11.2. The van der Waals surface area contributed by atoms with Crippen LogP contribution in [0.5, 0.6) is 0 Å². The van der Waals surface area contributed by atoms with Crippen molar-refractivity contribution in [2.75, 3.05) is 27.3 Å². The molecule has 1 saturated carbocycles. The Morgan fingerprint density at radius 1 is 0.719 bits per heavy atom. The van der Waals surface area contributed by atoms with Gasteiger partial charge in [-0.15, -0.1) is 11.3 Å². The molecule has 3 fully saturated rings. The third-order valence-electron chi connectivity index (χ3n) is 14.2. The number of rotatable bonds is 11. The van der Waals surface area contributed by atoms with Crippen molar-refractivity contribution >= 4 is 46.4 Å². The zero-order chi connectivity index (χ0) is 44.9. The van der Waals surface area contributed by atoms with Gasteiger partial charge >= 0.3 is 12.2 Å². The molecule has 0 radical (unpaired) electrons. The van der Waals surface area contributed by atoms with Crippen molar-refractivity contribution < 1.29 is 28.7 Å². The van der Waals surface area contributed by atoms with E-state index in [1.807, 2.05) is 55.0 Å². The number of carbonyl (C=O) groups is 4. The Balaban J connectivity index is 0.971. The number of nitrogens with zero attached hydrogens (tertiary/aromatic N) is 4. The maximum atomic E-state index is 13.8. The Morgan fingerprint density at radius 2 is 1.25 bits per heavy atom. The highest BCUT2D eigenvalue weighted by atomic mass is 32.1. The highest BCUT2D eigenvalue weighted by molar-refractivity contribution is 7.19. The summed E-state index contributed by atoms with van der Waals surface area (Å²) in [5, 5.41) is 5.47. The number of hydrogen-bond donors (Lipinski definition) is 4. The molecule has 14 nitrogen and oxygen atoms in total. The lowest BCUT2D eigenvalue weighted by molar-refractivity contribution is -0.136. The van der Waals surface area contributed by atoms with Crippen LogP contribution in [0.2, 0.25) is 0 Å². The summed E-state index contributed by atoms with van der Waals surface area (Å²) >= 11 is 1.88. The highest BCUT2D eigenvalue weighted by Crippen LogP contribution is 2.56. The SMILES string of the molecule is COC(=O)N[C@H](C(=O)N1CCC[C@H]1c1ncc(-c2ccc(-c3sc(-c4ccc5nc([C@@H]6CCCN6C(=O)[C@@H](NC(=O)OC)C(C)C)[nH]c5c4)c4c3CC3(CCCC3)C4)cc2)[nH]1)C(C)C. The minimum absolute atomic E-state index is 0.104. The number of aromatic amines is 2. The van der Waals surface area contributed by atoms with Crippen molar-refractivity contribution in [3.05, 3.63) is 71.4 Å². The normalized spacial score (nSPS) is 20.1. The molecule has 2 aliphatic carbocycles. The van der Waals surface area contributed by atoms with Gasteiger partial charge in [0.15, 0.2) is 0 Å². The summed E-state index contributed by atoms with van der Waals surface area (Å²) in [4.78, 5) is 75.0. The van der Waals surface area contributed by atoms with Gasteiger partial charge in [0.25, 0.3) is 0 Å². The van der Waals surface area contributed by atoms with Crippen LogP contribution in [0.4, 0.5) is 9.59 Å². The van der Waals surface area contributed by atoms with Crippen LogP contribution in [0, 0.1) is 17.3 Å². The molecule has 4 aliphatic rings. The smallest absolute Gasteiger partial charge is 0.407 e. The molecule has 4 atom stereocenters. The summed E-state index contributed by atoms with van der Waals surface area (Å²) in [5.74, 6) is 1.06. The summed E-state index contributed by atoms with van der Waals surface area (Å²) in [6, 6.07) is 13.5. The molecule has 2 aliphatic heterocycles. The fourth-order valence-corrected chi connectivity index (χ4v) is 12.1. The van der Waals surface area contributed by atoms with Crippen molar-refractivity contribution in [2.24, 2.45) is 17.3 Å². The predicted octanol–water partition coefficient (Wildman–Crippen LogP) is 9.10. The third kappa shape index (κ3) is 8.16. The number of nitrogens with one attached hydrogen (secondary N) is 4. The van der Waals surface area contributed by atoms with Gasteiger partial charge in [-0.05, 0) is 109 Å². The number of hydrogen-bond acceptors (Lipinski definition) is 9. The van der Waals surface area contributed by atoms with Crippen LogP contribution in [-0.2, 0) is 31.9 Å². The molecule has 5 aromatic rings. The number of fused-ring (bicyclic) bond motifs is 2. The number of imidazole rings is 2. The third-order valence-corrected chi connectivity index (χ3v) is 15.6. The Bertz CT molecular complexity index is 2550. The second-order valence-corrected chi connectivity index (χ2v) is 20.0. The van der Waals surface area contributed by atoms with E-state index < -0.39 is 24.3 Å². The van der Waals surface area contributed by atoms with Crippen molar-refractivity contribution in [2.45, 2.75) is 116 Å². The lowest BCUT2D eigenvalue weighted by Crippen LogP contribution is -2.51. The first kappa shape index (κ1) is 43.5. The molecule has 15 heteroatoms. The van der Waals surface area contributed by atoms with Gasteiger partial charge in [-0.1, -0.05) is 70.9 Å². The number of likely N-dealkylation sites (tertiary alicyclic amines) is 2. The monoisotopic (exact) mass is 888 g/mol. The zero-order valence-corrected chi connectivity index (χ0v) is 38.5. The molecule has 3 aromatic heterocycles. The molecule has 2 saturated heterocycles. The van der Waals surface area contributed by atoms with Crippen molar-refractivity contribution in [1.82, 2.24) is 40.4 Å². The number of ether oxygens (including phenoxy) is 2. The second-order valence-electron chi connectivity index (χ2n) is 19.0. The van der Waals surface area contributed by atoms with Gasteiger partial charge in [-0.25, -0.2) is 19.6 Å². The van der Waals surface area contributed by atoms with E-state index in [0.717, 1.165) is 72.5 Å². The molecule has 2 aromatic carbocycles. The molecule has 4 amide bonds. The molecular weight excluding hydrogens is 829 g/mol. The van der Waals surface area contributed by atoms with Crippen LogP contribution in [0.1, 0.15) is 114 Å². The number of benzene rings is 2. The molecule has 4 N–H and O–H groups in total. The number of H-pyrrole nitrogens is 2. The molecule has 64 heavy (non-hydrogen) atoms. The summed E-state index contributed by atoms with van der Waals surface area (Å²) in [7, 11) is 2.61. The summed E-state index contributed by atoms with van der Waals surface area (Å²) < 4.78 is 9.63. The number of carbonyl (C=O) groups excluding carboxylic acids is 4. The van der Waals surface area contributed by atoms with E-state index in [4.69, 9.17) is 19.4 Å². The average Bonchev–Trinajstić information content (AvgIpc) is 4.15. The largest absolute Gasteiger partial charge is 0.453 e. The Hall–Kier alpha value is -5.70. The minimum Gasteiger partial charge on any atom is -0.453 e. The maximum Gasteiger partial charge on any atom is 0.407 e. The first-order valence-corrected chi connectivity index (χ1v) is 23.8. The quantitative estimate of drug-likeness (QED) is 0.102. The lowest BCUT2D eigenvalue weighted by Gasteiger charge is -2.30. The van der Waals surface area contributed by atoms with Gasteiger partial charge in [0.2, 0.25) is 11.8 Å². The first-order valence-electron chi connectivity index (χ1n) is 23.0. The molecule has 9 rings (SSSR count). The maximum absolute atomic E-state index is 13.8.